The standard InChI is InChI=1S/C24H41N8O20P3S2/c1-24(2,18(35)21(36)28-4-3-14(33)27-5-6-56-23(37)12(25)8-57(45,46)47)9-49-55(43,44)52-54(41,42)48-7-13-17(51-53(38,39)40)16(34)22(50-13)32-11-31-15-19(26)29-10-30-20(15)32/h10-13,16-18,22,34-35H,3-9,25H2,1-2H3,(H,27,33)(H,28,36)(H,41,42)(H,43,44)(H2,26,29,30)(H2,38,39,40)(H,45,46,47). The highest BCUT2D eigenvalue weighted by atomic mass is 32.2. The van der Waals surface area contributed by atoms with Crippen molar-refractivity contribution in [3.05, 3.63) is 12.7 Å². The molecule has 2 amide bonds. The molecule has 8 atom stereocenters. The number of carbonyl (C=O) groups excluding carboxylic acids is 3. The number of nitrogens with one attached hydrogen (secondary N) is 2. The van der Waals surface area contributed by atoms with E-state index in [9.17, 15) is 66.3 Å². The number of nitrogens with zero attached hydrogens (tertiary/aromatic N) is 4. The number of thioether (sulfide) groups is 1. The SMILES string of the molecule is CC(C)(COP(=O)(O)OP(=O)(O)OCC1OC(n2cnc3c(N)ncnc32)C(O)C1OP(=O)(O)O)C(O)C(=O)NCCC(=O)NCCSC(=O)C(N)CS(=O)(=O)O. The molecule has 8 unspecified atom stereocenters. The van der Waals surface area contributed by atoms with Crippen LogP contribution in [0.15, 0.2) is 12.7 Å². The summed E-state index contributed by atoms with van der Waals surface area (Å²) in [4.78, 5) is 87.1. The van der Waals surface area contributed by atoms with Crippen LogP contribution >= 0.6 is 35.2 Å². The molecule has 2 aromatic heterocycles. The number of nitrogens with two attached hydrogens (primary N) is 2. The molecule has 57 heavy (non-hydrogen) atoms. The number of aliphatic hydroxyl groups is 2. The van der Waals surface area contributed by atoms with Crippen LogP contribution in [0, 0.1) is 5.41 Å². The van der Waals surface area contributed by atoms with Gasteiger partial charge in [0.25, 0.3) is 10.1 Å². The quantitative estimate of drug-likeness (QED) is 0.0316. The molecule has 1 aliphatic heterocycles. The third kappa shape index (κ3) is 15.2. The molecule has 28 nitrogen and oxygen atoms in total. The molecule has 3 rings (SSSR count). The number of nitrogen functional groups attached to an aromatic ring is 1. The highest BCUT2D eigenvalue weighted by Gasteiger charge is 2.50. The smallest absolute Gasteiger partial charge is 0.386 e. The zero-order valence-electron chi connectivity index (χ0n) is 29.6. The molecule has 0 aliphatic carbocycles. The summed E-state index contributed by atoms with van der Waals surface area (Å²) in [6, 6.07) is -1.47. The zero-order valence-corrected chi connectivity index (χ0v) is 33.9. The number of amides is 2. The van der Waals surface area contributed by atoms with E-state index in [2.05, 4.69) is 34.4 Å². The largest absolute Gasteiger partial charge is 0.481 e. The van der Waals surface area contributed by atoms with Crippen LogP contribution in [0.5, 0.6) is 0 Å². The minimum atomic E-state index is -5.61. The van der Waals surface area contributed by atoms with Crippen LogP contribution in [0.2, 0.25) is 0 Å². The Labute approximate surface area is 326 Å². The number of anilines is 1. The summed E-state index contributed by atoms with van der Waals surface area (Å²) < 4.78 is 92.2. The summed E-state index contributed by atoms with van der Waals surface area (Å²) in [5.41, 5.74) is 9.52. The molecule has 324 valence electrons. The van der Waals surface area contributed by atoms with Gasteiger partial charge in [0.2, 0.25) is 16.9 Å². The number of aromatic nitrogens is 4. The van der Waals surface area contributed by atoms with Crippen LogP contribution in [0.4, 0.5) is 5.82 Å². The van der Waals surface area contributed by atoms with E-state index < -0.39 is 112 Å². The van der Waals surface area contributed by atoms with Gasteiger partial charge < -0.3 is 56.6 Å². The number of imidazole rings is 1. The first-order valence-electron chi connectivity index (χ1n) is 15.9. The first-order valence-corrected chi connectivity index (χ1v) is 23.0. The molecule has 0 bridgehead atoms. The highest BCUT2D eigenvalue weighted by molar-refractivity contribution is 8.13. The van der Waals surface area contributed by atoms with E-state index in [1.54, 1.807) is 0 Å². The van der Waals surface area contributed by atoms with E-state index in [-0.39, 0.29) is 42.2 Å². The van der Waals surface area contributed by atoms with Crippen LogP contribution in [0.3, 0.4) is 0 Å². The molecule has 1 aliphatic rings. The van der Waals surface area contributed by atoms with Crippen molar-refractivity contribution < 1.29 is 93.5 Å². The number of fused-ring (bicyclic) bond motifs is 1. The second-order valence-corrected chi connectivity index (χ2v) is 19.4. The van der Waals surface area contributed by atoms with Crippen LogP contribution in [-0.2, 0) is 60.8 Å². The third-order valence-electron chi connectivity index (χ3n) is 7.44. The number of ether oxygens (including phenoxy) is 1. The average Bonchev–Trinajstić information content (AvgIpc) is 3.63. The van der Waals surface area contributed by atoms with Crippen LogP contribution < -0.4 is 22.1 Å². The van der Waals surface area contributed by atoms with Crippen LogP contribution in [-0.4, -0.2) is 147 Å². The zero-order chi connectivity index (χ0) is 43.1. The van der Waals surface area contributed by atoms with Gasteiger partial charge in [-0.3, -0.25) is 37.1 Å². The number of hydrogen-bond acceptors (Lipinski definition) is 21. The Morgan fingerprint density at radius 2 is 1.72 bits per heavy atom. The van der Waals surface area contributed by atoms with E-state index in [0.717, 1.165) is 17.2 Å². The van der Waals surface area contributed by atoms with Gasteiger partial charge in [0, 0.05) is 30.7 Å². The monoisotopic (exact) mass is 918 g/mol. The first-order chi connectivity index (χ1) is 26.1. The lowest BCUT2D eigenvalue weighted by molar-refractivity contribution is -0.137. The van der Waals surface area contributed by atoms with E-state index in [1.807, 2.05) is 0 Å². The number of carbonyl (C=O) groups is 3. The van der Waals surface area contributed by atoms with Crippen molar-refractivity contribution in [2.45, 2.75) is 57.0 Å². The molecule has 0 aromatic carbocycles. The van der Waals surface area contributed by atoms with E-state index in [1.165, 1.54) is 13.8 Å². The molecule has 1 fully saturated rings. The normalized spacial score (nSPS) is 22.4. The van der Waals surface area contributed by atoms with Crippen LogP contribution in [0.25, 0.3) is 11.2 Å². The van der Waals surface area contributed by atoms with Gasteiger partial charge >= 0.3 is 23.5 Å². The second-order valence-electron chi connectivity index (χ2n) is 12.6. The molecule has 0 saturated carbocycles. The molecular weight excluding hydrogens is 877 g/mol. The van der Waals surface area contributed by atoms with E-state index >= 15 is 0 Å². The Morgan fingerprint density at radius 1 is 1.07 bits per heavy atom. The summed E-state index contributed by atoms with van der Waals surface area (Å²) in [7, 11) is -21.0. The highest BCUT2D eigenvalue weighted by Crippen LogP contribution is 2.61. The van der Waals surface area contributed by atoms with Gasteiger partial charge in [0.1, 0.15) is 36.3 Å². The van der Waals surface area contributed by atoms with Crippen LogP contribution in [0.1, 0.15) is 26.5 Å². The lowest BCUT2D eigenvalue weighted by Crippen LogP contribution is -2.46. The summed E-state index contributed by atoms with van der Waals surface area (Å²) in [6.07, 6.45) is -7.25. The van der Waals surface area contributed by atoms with Crippen molar-refractivity contribution in [2.24, 2.45) is 11.1 Å². The topological polar surface area (TPSA) is 444 Å². The minimum absolute atomic E-state index is 0.00538. The number of phosphoric ester groups is 3. The lowest BCUT2D eigenvalue weighted by Gasteiger charge is -2.30. The van der Waals surface area contributed by atoms with Crippen molar-refractivity contribution in [3.8, 4) is 0 Å². The predicted molar refractivity (Wildman–Crippen MR) is 191 cm³/mol. The summed E-state index contributed by atoms with van der Waals surface area (Å²) >= 11 is 0.618. The summed E-state index contributed by atoms with van der Waals surface area (Å²) in [5, 5.41) is 25.3. The predicted octanol–water partition coefficient (Wildman–Crippen LogP) is -3.12. The average molecular weight is 919 g/mol. The number of hydrogen-bond donors (Lipinski definition) is 11. The van der Waals surface area contributed by atoms with Crippen molar-refractivity contribution in [2.75, 3.05) is 43.5 Å². The molecule has 0 radical (unpaired) electrons. The molecule has 33 heteroatoms. The maximum atomic E-state index is 12.7. The van der Waals surface area contributed by atoms with Gasteiger partial charge in [-0.15, -0.1) is 0 Å². The van der Waals surface area contributed by atoms with Gasteiger partial charge in [-0.25, -0.2) is 28.6 Å². The molecule has 0 spiro atoms. The molecule has 3 heterocycles. The maximum Gasteiger partial charge on any atom is 0.481 e. The lowest BCUT2D eigenvalue weighted by atomic mass is 9.87. The summed E-state index contributed by atoms with van der Waals surface area (Å²) in [5.74, 6) is -2.67. The fraction of sp³-hybridized carbons (Fsp3) is 0.667. The maximum absolute atomic E-state index is 12.7. The Kier molecular flexibility index (Phi) is 16.8. The fourth-order valence-electron chi connectivity index (χ4n) is 4.68. The van der Waals surface area contributed by atoms with Gasteiger partial charge in [-0.2, -0.15) is 12.7 Å². The molecular formula is C24H41N8O20P3S2. The van der Waals surface area contributed by atoms with Crippen molar-refractivity contribution >= 4 is 79.3 Å². The second kappa shape index (κ2) is 19.7. The first kappa shape index (κ1) is 48.8. The Balaban J connectivity index is 1.48. The van der Waals surface area contributed by atoms with E-state index in [4.69, 9.17) is 29.8 Å². The Morgan fingerprint density at radius 3 is 2.35 bits per heavy atom. The van der Waals surface area contributed by atoms with Gasteiger partial charge in [0.05, 0.1) is 31.3 Å². The van der Waals surface area contributed by atoms with Gasteiger partial charge in [-0.05, 0) is 0 Å². The fourth-order valence-corrected chi connectivity index (χ4v) is 8.93. The van der Waals surface area contributed by atoms with Gasteiger partial charge in [0.15, 0.2) is 17.7 Å². The molecule has 2 aromatic rings. The Hall–Kier alpha value is -2.57. The van der Waals surface area contributed by atoms with Crippen molar-refractivity contribution in [1.29, 1.82) is 0 Å². The van der Waals surface area contributed by atoms with Crippen molar-refractivity contribution in [3.63, 3.8) is 0 Å². The third-order valence-corrected chi connectivity index (χ3v) is 12.3. The minimum Gasteiger partial charge on any atom is -0.386 e. The number of phosphoric acid groups is 3. The molecule has 13 N–H and O–H groups in total. The Bertz CT molecular complexity index is 2020. The van der Waals surface area contributed by atoms with Gasteiger partial charge in [-0.1, -0.05) is 25.6 Å². The summed E-state index contributed by atoms with van der Waals surface area (Å²) in [6.45, 7) is -0.0607. The number of rotatable bonds is 22. The van der Waals surface area contributed by atoms with E-state index in [0.29, 0.717) is 11.8 Å². The van der Waals surface area contributed by atoms with Crippen molar-refractivity contribution in [1.82, 2.24) is 30.2 Å². The number of aliphatic hydroxyl groups excluding tert-OH is 2. The molecule has 1 saturated heterocycles.